The number of carbonyl (C=O) groups is 3. The molecule has 2 aliphatic rings. The Balaban J connectivity index is 1.59. The predicted octanol–water partition coefficient (Wildman–Crippen LogP) is 1.43. The number of nitrogens with one attached hydrogen (secondary N) is 4. The van der Waals surface area contributed by atoms with Crippen LogP contribution < -0.4 is 26.9 Å². The van der Waals surface area contributed by atoms with Gasteiger partial charge in [0.2, 0.25) is 17.7 Å². The number of fused-ring (bicyclic) bond motifs is 1. The van der Waals surface area contributed by atoms with Crippen LogP contribution in [0.3, 0.4) is 0 Å². The lowest BCUT2D eigenvalue weighted by molar-refractivity contribution is -0.143. The highest BCUT2D eigenvalue weighted by Crippen LogP contribution is 2.34. The van der Waals surface area contributed by atoms with Crippen molar-refractivity contribution in [1.82, 2.24) is 26.1 Å². The average Bonchev–Trinajstić information content (AvgIpc) is 3.35. The fourth-order valence-corrected chi connectivity index (χ4v) is 5.93. The summed E-state index contributed by atoms with van der Waals surface area (Å²) in [7, 11) is 5.57. The molecule has 0 unspecified atom stereocenters. The molecule has 2 radical (unpaired) electrons. The fraction of sp³-hybridized carbons (Fsp3) is 0.448. The molecule has 2 aliphatic heterocycles. The van der Waals surface area contributed by atoms with Crippen LogP contribution in [-0.4, -0.2) is 66.4 Å². The lowest BCUT2D eigenvalue weighted by atomic mass is 9.92. The number of benzene rings is 2. The van der Waals surface area contributed by atoms with Crippen LogP contribution in [0.15, 0.2) is 60.7 Å². The molecule has 0 spiro atoms. The van der Waals surface area contributed by atoms with Gasteiger partial charge in [0.1, 0.15) is 12.1 Å². The van der Waals surface area contributed by atoms with Crippen molar-refractivity contribution in [3.05, 3.63) is 71.8 Å². The first-order chi connectivity index (χ1) is 19.3. The summed E-state index contributed by atoms with van der Waals surface area (Å²) in [5.41, 5.74) is 7.58. The maximum atomic E-state index is 14.1. The van der Waals surface area contributed by atoms with Gasteiger partial charge in [0.25, 0.3) is 0 Å². The van der Waals surface area contributed by atoms with E-state index >= 15 is 0 Å². The molecule has 2 saturated heterocycles. The molecule has 2 aromatic carbocycles. The Morgan fingerprint density at radius 2 is 1.62 bits per heavy atom. The maximum Gasteiger partial charge on any atom is 0.246 e. The first kappa shape index (κ1) is 29.5. The summed E-state index contributed by atoms with van der Waals surface area (Å²) in [4.78, 5) is 42.7. The maximum absolute atomic E-state index is 14.1. The molecule has 2 heterocycles. The minimum absolute atomic E-state index is 0.0982. The number of amides is 3. The number of nitrogens with two attached hydrogens (primary N) is 1. The van der Waals surface area contributed by atoms with E-state index in [1.807, 2.05) is 67.6 Å². The highest BCUT2D eigenvalue weighted by molar-refractivity contribution is 7.80. The quantitative estimate of drug-likeness (QED) is 0.220. The Labute approximate surface area is 242 Å². The summed E-state index contributed by atoms with van der Waals surface area (Å²) in [6.45, 7) is 2.16. The van der Waals surface area contributed by atoms with Gasteiger partial charge in [-0.3, -0.25) is 14.4 Å². The minimum atomic E-state index is -0.853. The van der Waals surface area contributed by atoms with Crippen molar-refractivity contribution >= 4 is 43.0 Å². The first-order valence-corrected chi connectivity index (χ1v) is 14.3. The van der Waals surface area contributed by atoms with Crippen LogP contribution in [0.25, 0.3) is 0 Å². The Kier molecular flexibility index (Phi) is 10.2. The zero-order chi connectivity index (χ0) is 28.6. The third-order valence-electron chi connectivity index (χ3n) is 7.98. The van der Waals surface area contributed by atoms with E-state index < -0.39 is 18.1 Å². The molecule has 210 valence electrons. The molecule has 0 aromatic heterocycles. The van der Waals surface area contributed by atoms with E-state index in [0.717, 1.165) is 11.1 Å². The third kappa shape index (κ3) is 6.82. The van der Waals surface area contributed by atoms with Crippen LogP contribution in [0, 0.1) is 5.92 Å². The molecule has 2 fully saturated rings. The Hall–Kier alpha value is -3.44. The number of hydrogen-bond acceptors (Lipinski definition) is 5. The molecule has 9 nitrogen and oxygen atoms in total. The largest absolute Gasteiger partial charge is 0.376 e. The molecule has 0 bridgehead atoms. The van der Waals surface area contributed by atoms with Gasteiger partial charge in [0.15, 0.2) is 13.1 Å². The molecule has 0 saturated carbocycles. The number of rotatable bonds is 10. The molecule has 5 atom stereocenters. The van der Waals surface area contributed by atoms with Gasteiger partial charge in [-0.1, -0.05) is 67.6 Å². The third-order valence-corrected chi connectivity index (χ3v) is 8.13. The topological polar surface area (TPSA) is 129 Å². The Bertz CT molecular complexity index is 1140. The van der Waals surface area contributed by atoms with Crippen molar-refractivity contribution in [2.24, 2.45) is 11.7 Å². The van der Waals surface area contributed by atoms with E-state index in [1.54, 1.807) is 4.90 Å². The van der Waals surface area contributed by atoms with E-state index in [2.05, 4.69) is 21.2 Å². The van der Waals surface area contributed by atoms with Gasteiger partial charge < -0.3 is 31.8 Å². The fourth-order valence-electron chi connectivity index (χ4n) is 5.85. The van der Waals surface area contributed by atoms with Crippen LogP contribution >= 0.6 is 12.2 Å². The molecule has 0 aliphatic carbocycles. The van der Waals surface area contributed by atoms with Crippen LogP contribution in [0.4, 0.5) is 0 Å². The molecule has 11 heteroatoms. The van der Waals surface area contributed by atoms with Crippen molar-refractivity contribution in [3.8, 4) is 0 Å². The van der Waals surface area contributed by atoms with E-state index in [-0.39, 0.29) is 40.8 Å². The summed E-state index contributed by atoms with van der Waals surface area (Å²) in [6, 6.07) is 16.9. The Morgan fingerprint density at radius 3 is 2.17 bits per heavy atom. The molecular weight excluding hydrogens is 523 g/mol. The zero-order valence-corrected chi connectivity index (χ0v) is 23.5. The second-order valence-corrected chi connectivity index (χ2v) is 10.9. The normalized spacial score (nSPS) is 23.1. The highest BCUT2D eigenvalue weighted by Gasteiger charge is 2.48. The monoisotopic (exact) mass is 560 g/mol. The summed E-state index contributed by atoms with van der Waals surface area (Å²) in [6.07, 6.45) is 3.08. The van der Waals surface area contributed by atoms with Crippen LogP contribution in [0.2, 0.25) is 0 Å². The first-order valence-electron chi connectivity index (χ1n) is 13.9. The van der Waals surface area contributed by atoms with Crippen molar-refractivity contribution in [2.45, 2.75) is 69.2 Å². The van der Waals surface area contributed by atoms with Crippen molar-refractivity contribution < 1.29 is 14.4 Å². The van der Waals surface area contributed by atoms with E-state index in [0.29, 0.717) is 38.6 Å². The van der Waals surface area contributed by atoms with Crippen LogP contribution in [-0.2, 0) is 14.4 Å². The van der Waals surface area contributed by atoms with Crippen LogP contribution in [0.1, 0.15) is 56.2 Å². The number of thiocarbonyl (C=S) groups is 1. The van der Waals surface area contributed by atoms with Gasteiger partial charge in [0.05, 0.1) is 12.1 Å². The van der Waals surface area contributed by atoms with Gasteiger partial charge in [0, 0.05) is 18.5 Å². The lowest BCUT2D eigenvalue weighted by Gasteiger charge is -2.33. The van der Waals surface area contributed by atoms with E-state index in [9.17, 15) is 14.4 Å². The molecule has 40 heavy (non-hydrogen) atoms. The van der Waals surface area contributed by atoms with Gasteiger partial charge in [-0.2, -0.15) is 0 Å². The van der Waals surface area contributed by atoms with E-state index in [4.69, 9.17) is 25.9 Å². The second-order valence-electron chi connectivity index (χ2n) is 10.5. The van der Waals surface area contributed by atoms with Gasteiger partial charge >= 0.3 is 0 Å². The summed E-state index contributed by atoms with van der Waals surface area (Å²) < 4.78 is 0. The lowest BCUT2D eigenvalue weighted by Crippen LogP contribution is -2.59. The smallest absolute Gasteiger partial charge is 0.246 e. The number of carbonyl (C=O) groups excluding carboxylic acids is 3. The Morgan fingerprint density at radius 1 is 1.02 bits per heavy atom. The minimum Gasteiger partial charge on any atom is -0.376 e. The van der Waals surface area contributed by atoms with Crippen molar-refractivity contribution in [2.75, 3.05) is 6.54 Å². The molecule has 4 rings (SSSR count). The molecule has 6 N–H and O–H groups in total. The predicted molar refractivity (Wildman–Crippen MR) is 159 cm³/mol. The highest BCUT2D eigenvalue weighted by atomic mass is 32.1. The van der Waals surface area contributed by atoms with Crippen molar-refractivity contribution in [3.63, 3.8) is 0 Å². The van der Waals surface area contributed by atoms with Crippen LogP contribution in [0.5, 0.6) is 0 Å². The summed E-state index contributed by atoms with van der Waals surface area (Å²) >= 11 is 4.99. The number of nitrogens with zero attached hydrogens (tertiary/aromatic N) is 1. The molecule has 3 amide bonds. The standard InChI is InChI=1S/C29H37BN6O3S/c1-2-22(35-30)26(37)34-25-20(17-32-29(31)40)13-14-21-15-16-23(36(21)28(25)39)27(38)33-24(18-9-5-3-6-10-18)19-11-7-4-8-12-19/h3-12,20-25,35H,2,13-17H2,1H3,(H,33,38)(H,34,37)(H3,31,32,40)/t20-,21+,22+,23+,25+/m1/s1. The summed E-state index contributed by atoms with van der Waals surface area (Å²) in [5.74, 6) is -1.11. The van der Waals surface area contributed by atoms with Gasteiger partial charge in [-0.05, 0) is 55.4 Å². The summed E-state index contributed by atoms with van der Waals surface area (Å²) in [5, 5.41) is 11.7. The van der Waals surface area contributed by atoms with E-state index in [1.165, 1.54) is 0 Å². The number of hydrogen-bond donors (Lipinski definition) is 5. The zero-order valence-electron chi connectivity index (χ0n) is 22.7. The second kappa shape index (κ2) is 13.8. The average molecular weight is 561 g/mol. The SMILES string of the molecule is [B]N[C@@H](CC)C(=O)N[C@@H]1C(=O)N2[C@@H](CC[C@@H]1CNC(N)=S)CC[C@H]2C(=O)NC(c1ccccc1)c1ccccc1. The molecular formula is C29H37BN6O3S. The van der Waals surface area contributed by atoms with Gasteiger partial charge in [-0.15, -0.1) is 0 Å². The van der Waals surface area contributed by atoms with Gasteiger partial charge in [-0.25, -0.2) is 0 Å². The molecule has 2 aromatic rings. The van der Waals surface area contributed by atoms with Crippen molar-refractivity contribution in [1.29, 1.82) is 0 Å².